The normalized spacial score (nSPS) is 17.6. The Morgan fingerprint density at radius 2 is 1.85 bits per heavy atom. The fourth-order valence-corrected chi connectivity index (χ4v) is 2.49. The third kappa shape index (κ3) is 3.17. The Labute approximate surface area is 120 Å². The summed E-state index contributed by atoms with van der Waals surface area (Å²) in [7, 11) is 0. The summed E-state index contributed by atoms with van der Waals surface area (Å²) in [5, 5.41) is 8.77. The van der Waals surface area contributed by atoms with Gasteiger partial charge in [-0.3, -0.25) is 9.69 Å². The Balaban J connectivity index is 1.96. The number of hydrogen-bond acceptors (Lipinski definition) is 3. The van der Waals surface area contributed by atoms with Crippen LogP contribution in [0.25, 0.3) is 0 Å². The Bertz CT molecular complexity index is 495. The first-order chi connectivity index (χ1) is 9.65. The van der Waals surface area contributed by atoms with Crippen molar-refractivity contribution in [2.45, 2.75) is 26.3 Å². The highest BCUT2D eigenvalue weighted by molar-refractivity contribution is 5.94. The van der Waals surface area contributed by atoms with Gasteiger partial charge in [0, 0.05) is 37.8 Å². The summed E-state index contributed by atoms with van der Waals surface area (Å²) in [6.45, 7) is 7.87. The van der Waals surface area contributed by atoms with Crippen molar-refractivity contribution in [1.29, 1.82) is 5.26 Å². The average Bonchev–Trinajstić information content (AvgIpc) is 2.53. The monoisotopic (exact) mass is 271 g/mol. The fourth-order valence-electron chi connectivity index (χ4n) is 2.49. The van der Waals surface area contributed by atoms with E-state index in [1.165, 1.54) is 0 Å². The van der Waals surface area contributed by atoms with Gasteiger partial charge in [-0.15, -0.1) is 0 Å². The molecule has 4 nitrogen and oxygen atoms in total. The minimum atomic E-state index is 0.0679. The van der Waals surface area contributed by atoms with Crippen LogP contribution >= 0.6 is 0 Å². The van der Waals surface area contributed by atoms with E-state index in [-0.39, 0.29) is 5.91 Å². The largest absolute Gasteiger partial charge is 0.336 e. The van der Waals surface area contributed by atoms with Gasteiger partial charge >= 0.3 is 0 Å². The van der Waals surface area contributed by atoms with E-state index in [1.54, 1.807) is 24.3 Å². The summed E-state index contributed by atoms with van der Waals surface area (Å²) < 4.78 is 0. The summed E-state index contributed by atoms with van der Waals surface area (Å²) in [6, 6.07) is 9.52. The Hall–Kier alpha value is -1.86. The molecule has 1 atom stereocenters. The third-order valence-electron chi connectivity index (χ3n) is 4.08. The highest BCUT2D eigenvalue weighted by Gasteiger charge is 2.23. The molecule has 1 aliphatic rings. The van der Waals surface area contributed by atoms with Gasteiger partial charge in [-0.1, -0.05) is 6.92 Å². The predicted molar refractivity (Wildman–Crippen MR) is 78.4 cm³/mol. The van der Waals surface area contributed by atoms with Gasteiger partial charge in [-0.25, -0.2) is 0 Å². The first kappa shape index (κ1) is 14.5. The molecule has 2 rings (SSSR count). The number of nitrogens with zero attached hydrogens (tertiary/aromatic N) is 3. The Morgan fingerprint density at radius 3 is 2.35 bits per heavy atom. The first-order valence-electron chi connectivity index (χ1n) is 7.19. The highest BCUT2D eigenvalue weighted by atomic mass is 16.2. The van der Waals surface area contributed by atoms with Crippen LogP contribution in [-0.4, -0.2) is 47.9 Å². The van der Waals surface area contributed by atoms with Gasteiger partial charge in [0.25, 0.3) is 5.91 Å². The number of benzene rings is 1. The molecule has 1 aromatic rings. The molecule has 106 valence electrons. The lowest BCUT2D eigenvalue weighted by atomic mass is 10.1. The van der Waals surface area contributed by atoms with Crippen LogP contribution in [0.15, 0.2) is 24.3 Å². The number of carbonyl (C=O) groups excluding carboxylic acids is 1. The van der Waals surface area contributed by atoms with E-state index in [2.05, 4.69) is 24.8 Å². The summed E-state index contributed by atoms with van der Waals surface area (Å²) in [5.41, 5.74) is 1.25. The van der Waals surface area contributed by atoms with E-state index < -0.39 is 0 Å². The zero-order valence-corrected chi connectivity index (χ0v) is 12.2. The first-order valence-corrected chi connectivity index (χ1v) is 7.19. The van der Waals surface area contributed by atoms with Gasteiger partial charge in [0.05, 0.1) is 11.6 Å². The molecule has 1 fully saturated rings. The maximum absolute atomic E-state index is 12.4. The van der Waals surface area contributed by atoms with Crippen LogP contribution in [0.3, 0.4) is 0 Å². The molecule has 1 saturated heterocycles. The highest BCUT2D eigenvalue weighted by Crippen LogP contribution is 2.12. The molecular weight excluding hydrogens is 250 g/mol. The van der Waals surface area contributed by atoms with Crippen LogP contribution in [0.4, 0.5) is 0 Å². The van der Waals surface area contributed by atoms with E-state index in [0.717, 1.165) is 32.6 Å². The minimum absolute atomic E-state index is 0.0679. The quantitative estimate of drug-likeness (QED) is 0.846. The van der Waals surface area contributed by atoms with Crippen molar-refractivity contribution in [1.82, 2.24) is 9.80 Å². The van der Waals surface area contributed by atoms with Crippen molar-refractivity contribution in [3.8, 4) is 6.07 Å². The van der Waals surface area contributed by atoms with Gasteiger partial charge in [-0.2, -0.15) is 5.26 Å². The molecule has 1 unspecified atom stereocenters. The van der Waals surface area contributed by atoms with Crippen LogP contribution in [0.2, 0.25) is 0 Å². The molecule has 0 saturated carbocycles. The van der Waals surface area contributed by atoms with Crippen molar-refractivity contribution in [3.05, 3.63) is 35.4 Å². The maximum Gasteiger partial charge on any atom is 0.253 e. The van der Waals surface area contributed by atoms with Crippen molar-refractivity contribution in [2.75, 3.05) is 26.2 Å². The third-order valence-corrected chi connectivity index (χ3v) is 4.08. The molecule has 1 amide bonds. The van der Waals surface area contributed by atoms with E-state index in [9.17, 15) is 4.79 Å². The lowest BCUT2D eigenvalue weighted by Crippen LogP contribution is -2.51. The standard InChI is InChI=1S/C16H21N3O/c1-3-13(2)18-8-10-19(11-9-18)16(20)15-6-4-14(12-17)5-7-15/h4-7,13H,3,8-11H2,1-2H3. The second-order valence-corrected chi connectivity index (χ2v) is 5.27. The SMILES string of the molecule is CCC(C)N1CCN(C(=O)c2ccc(C#N)cc2)CC1. The molecule has 0 spiro atoms. The Kier molecular flexibility index (Phi) is 4.75. The molecular formula is C16H21N3O. The molecule has 1 aromatic carbocycles. The number of rotatable bonds is 3. The van der Waals surface area contributed by atoms with Crippen molar-refractivity contribution in [2.24, 2.45) is 0 Å². The van der Waals surface area contributed by atoms with Gasteiger partial charge in [-0.05, 0) is 37.6 Å². The van der Waals surface area contributed by atoms with E-state index in [1.807, 2.05) is 4.90 Å². The lowest BCUT2D eigenvalue weighted by Gasteiger charge is -2.37. The second-order valence-electron chi connectivity index (χ2n) is 5.27. The van der Waals surface area contributed by atoms with Crippen LogP contribution in [0, 0.1) is 11.3 Å². The summed E-state index contributed by atoms with van der Waals surface area (Å²) in [6.07, 6.45) is 1.14. The molecule has 4 heteroatoms. The summed E-state index contributed by atoms with van der Waals surface area (Å²) in [4.78, 5) is 16.7. The molecule has 1 heterocycles. The van der Waals surface area contributed by atoms with Crippen LogP contribution in [-0.2, 0) is 0 Å². The van der Waals surface area contributed by atoms with Crippen molar-refractivity contribution >= 4 is 5.91 Å². The van der Waals surface area contributed by atoms with Crippen LogP contribution in [0.1, 0.15) is 36.2 Å². The molecule has 0 aliphatic carbocycles. The maximum atomic E-state index is 12.4. The molecule has 0 aromatic heterocycles. The van der Waals surface area contributed by atoms with Gasteiger partial charge in [0.15, 0.2) is 0 Å². The van der Waals surface area contributed by atoms with Crippen LogP contribution < -0.4 is 0 Å². The lowest BCUT2D eigenvalue weighted by molar-refractivity contribution is 0.0579. The molecule has 20 heavy (non-hydrogen) atoms. The van der Waals surface area contributed by atoms with Gasteiger partial charge < -0.3 is 4.90 Å². The number of amides is 1. The zero-order chi connectivity index (χ0) is 14.5. The van der Waals surface area contributed by atoms with Gasteiger partial charge in [0.2, 0.25) is 0 Å². The smallest absolute Gasteiger partial charge is 0.253 e. The van der Waals surface area contributed by atoms with E-state index >= 15 is 0 Å². The predicted octanol–water partition coefficient (Wildman–Crippen LogP) is 2.11. The average molecular weight is 271 g/mol. The molecule has 0 N–H and O–H groups in total. The number of hydrogen-bond donors (Lipinski definition) is 0. The topological polar surface area (TPSA) is 47.3 Å². The molecule has 1 aliphatic heterocycles. The summed E-state index contributed by atoms with van der Waals surface area (Å²) in [5.74, 6) is 0.0679. The van der Waals surface area contributed by atoms with Crippen molar-refractivity contribution in [3.63, 3.8) is 0 Å². The van der Waals surface area contributed by atoms with Crippen LogP contribution in [0.5, 0.6) is 0 Å². The molecule has 0 bridgehead atoms. The van der Waals surface area contributed by atoms with Crippen molar-refractivity contribution < 1.29 is 4.79 Å². The van der Waals surface area contributed by atoms with E-state index in [0.29, 0.717) is 17.2 Å². The van der Waals surface area contributed by atoms with E-state index in [4.69, 9.17) is 5.26 Å². The number of piperazine rings is 1. The molecule has 0 radical (unpaired) electrons. The van der Waals surface area contributed by atoms with Gasteiger partial charge in [0.1, 0.15) is 0 Å². The number of nitriles is 1. The number of carbonyl (C=O) groups is 1. The summed E-state index contributed by atoms with van der Waals surface area (Å²) >= 11 is 0. The fraction of sp³-hybridized carbons (Fsp3) is 0.500. The minimum Gasteiger partial charge on any atom is -0.336 e. The Morgan fingerprint density at radius 1 is 1.25 bits per heavy atom. The second kappa shape index (κ2) is 6.53. The zero-order valence-electron chi connectivity index (χ0n) is 12.2.